The van der Waals surface area contributed by atoms with Crippen LogP contribution in [0.25, 0.3) is 11.1 Å². The summed E-state index contributed by atoms with van der Waals surface area (Å²) in [4.78, 5) is 13.1. The van der Waals surface area contributed by atoms with E-state index in [-0.39, 0.29) is 30.1 Å². The lowest BCUT2D eigenvalue weighted by Crippen LogP contribution is -2.67. The fraction of sp³-hybridized carbons (Fsp3) is 0.306. The number of rotatable bonds is 9. The number of nitrogens with one attached hydrogen (secondary N) is 1. The molecule has 4 aromatic carbocycles. The summed E-state index contributed by atoms with van der Waals surface area (Å²) in [6.45, 7) is 0. The SMILES string of the molecule is O=C1N[C@@](c2ccccc2)(c2ccc(-c3cccc([C@H](O)[C@H]4OC(O)[C@H](O)[C@@H](O)[C@@H]4O)c3)cc2O)[C@H]1CC[C@H](O)c1ccc(F)cc1. The number of carbonyl (C=O) groups excluding carboxylic acids is 1. The van der Waals surface area contributed by atoms with Gasteiger partial charge in [0.15, 0.2) is 6.29 Å². The van der Waals surface area contributed by atoms with Crippen LogP contribution in [-0.2, 0) is 15.1 Å². The molecule has 0 bridgehead atoms. The summed E-state index contributed by atoms with van der Waals surface area (Å²) in [5.41, 5.74) is 2.07. The second kappa shape index (κ2) is 13.1. The van der Waals surface area contributed by atoms with E-state index in [0.29, 0.717) is 22.3 Å². The average Bonchev–Trinajstić information content (AvgIpc) is 3.08. The lowest BCUT2D eigenvalue weighted by atomic mass is 9.64. The van der Waals surface area contributed by atoms with E-state index in [1.54, 1.807) is 36.4 Å². The van der Waals surface area contributed by atoms with Crippen LogP contribution >= 0.6 is 0 Å². The normalized spacial score (nSPS) is 28.6. The van der Waals surface area contributed by atoms with Crippen molar-refractivity contribution >= 4 is 5.91 Å². The van der Waals surface area contributed by atoms with E-state index in [2.05, 4.69) is 5.32 Å². The molecule has 0 aromatic heterocycles. The van der Waals surface area contributed by atoms with Gasteiger partial charge in [0, 0.05) is 5.56 Å². The van der Waals surface area contributed by atoms with Crippen LogP contribution in [0, 0.1) is 11.7 Å². The number of halogens is 1. The fourth-order valence-corrected chi connectivity index (χ4v) is 6.68. The first-order chi connectivity index (χ1) is 22.5. The lowest BCUT2D eigenvalue weighted by molar-refractivity contribution is -0.297. The molecule has 0 spiro atoms. The predicted octanol–water partition coefficient (Wildman–Crippen LogP) is 2.54. The van der Waals surface area contributed by atoms with Gasteiger partial charge in [-0.1, -0.05) is 72.8 Å². The number of phenolic OH excluding ortho intramolecular Hbond substituents is 1. The second-order valence-electron chi connectivity index (χ2n) is 12.1. The Kier molecular flexibility index (Phi) is 9.14. The van der Waals surface area contributed by atoms with Gasteiger partial charge < -0.3 is 45.8 Å². The Labute approximate surface area is 270 Å². The largest absolute Gasteiger partial charge is 0.508 e. The molecule has 2 aliphatic heterocycles. The van der Waals surface area contributed by atoms with Crippen LogP contribution in [0.1, 0.15) is 47.3 Å². The van der Waals surface area contributed by atoms with Crippen molar-refractivity contribution in [2.75, 3.05) is 0 Å². The Balaban J connectivity index is 1.29. The number of benzene rings is 4. The number of aliphatic hydroxyl groups excluding tert-OH is 6. The van der Waals surface area contributed by atoms with Crippen LogP contribution < -0.4 is 5.32 Å². The molecule has 2 fully saturated rings. The number of hydrogen-bond donors (Lipinski definition) is 8. The van der Waals surface area contributed by atoms with E-state index >= 15 is 0 Å². The molecule has 0 saturated carbocycles. The number of hydrogen-bond acceptors (Lipinski definition) is 9. The Morgan fingerprint density at radius 1 is 0.787 bits per heavy atom. The number of amides is 1. The molecule has 4 aromatic rings. The molecular weight excluding hydrogens is 609 g/mol. The maximum absolute atomic E-state index is 13.4. The third-order valence-electron chi connectivity index (χ3n) is 9.29. The van der Waals surface area contributed by atoms with Crippen LogP contribution in [0.2, 0.25) is 0 Å². The Morgan fingerprint density at radius 2 is 1.49 bits per heavy atom. The van der Waals surface area contributed by atoms with Crippen LogP contribution in [0.3, 0.4) is 0 Å². The molecule has 1 unspecified atom stereocenters. The molecule has 0 aliphatic carbocycles. The van der Waals surface area contributed by atoms with Gasteiger partial charge in [0.25, 0.3) is 0 Å². The summed E-state index contributed by atoms with van der Waals surface area (Å²) in [5, 5.41) is 76.5. The van der Waals surface area contributed by atoms with E-state index in [1.165, 1.54) is 30.3 Å². The third kappa shape index (κ3) is 6.03. The molecule has 246 valence electrons. The van der Waals surface area contributed by atoms with Gasteiger partial charge in [0.2, 0.25) is 5.91 Å². The zero-order valence-electron chi connectivity index (χ0n) is 25.1. The van der Waals surface area contributed by atoms with Gasteiger partial charge >= 0.3 is 0 Å². The van der Waals surface area contributed by atoms with Crippen molar-refractivity contribution in [1.82, 2.24) is 5.32 Å². The zero-order valence-corrected chi connectivity index (χ0v) is 25.1. The molecule has 47 heavy (non-hydrogen) atoms. The number of aliphatic hydroxyl groups is 6. The second-order valence-corrected chi connectivity index (χ2v) is 12.1. The molecule has 1 amide bonds. The molecule has 10 nitrogen and oxygen atoms in total. The van der Waals surface area contributed by atoms with Crippen LogP contribution in [0.5, 0.6) is 5.75 Å². The first-order valence-corrected chi connectivity index (χ1v) is 15.3. The van der Waals surface area contributed by atoms with E-state index in [0.717, 1.165) is 5.56 Å². The number of β-lactam (4-membered cyclic amide) rings is 1. The topological polar surface area (TPSA) is 180 Å². The van der Waals surface area contributed by atoms with Crippen molar-refractivity contribution in [1.29, 1.82) is 0 Å². The van der Waals surface area contributed by atoms with Gasteiger partial charge in [0.05, 0.1) is 12.0 Å². The van der Waals surface area contributed by atoms with Crippen LogP contribution in [0.15, 0.2) is 97.1 Å². The van der Waals surface area contributed by atoms with Gasteiger partial charge in [-0.2, -0.15) is 0 Å². The maximum Gasteiger partial charge on any atom is 0.227 e. The van der Waals surface area contributed by atoms with Crippen molar-refractivity contribution in [3.05, 3.63) is 125 Å². The zero-order chi connectivity index (χ0) is 33.5. The first kappa shape index (κ1) is 32.7. The van der Waals surface area contributed by atoms with Gasteiger partial charge in [-0.05, 0) is 64.9 Å². The number of ether oxygens (including phenoxy) is 1. The van der Waals surface area contributed by atoms with E-state index in [1.807, 2.05) is 30.3 Å². The maximum atomic E-state index is 13.4. The van der Waals surface area contributed by atoms with Crippen molar-refractivity contribution in [2.45, 2.75) is 61.3 Å². The standard InChI is InChI=1S/C36H36FNO9/c37-24-12-9-19(10-13-24)27(39)16-15-26-34(45)38-36(26,23-7-2-1-3-8-23)25-14-11-21(18-28(25)40)20-5-4-6-22(17-20)29(41)33-31(43)30(42)32(44)35(46)47-33/h1-14,17-18,26-27,29-33,35,39-44,46H,15-16H2,(H,38,45)/t26-,27-,29-,30-,31-,32+,33+,35?,36-/m0/s1. The van der Waals surface area contributed by atoms with E-state index < -0.39 is 60.2 Å². The molecule has 2 heterocycles. The molecule has 11 heteroatoms. The number of phenols is 1. The molecule has 9 atom stereocenters. The van der Waals surface area contributed by atoms with Crippen molar-refractivity contribution in [3.8, 4) is 16.9 Å². The Hall–Kier alpha value is -4.20. The Bertz CT molecular complexity index is 1720. The Morgan fingerprint density at radius 3 is 2.17 bits per heavy atom. The highest BCUT2D eigenvalue weighted by atomic mass is 19.1. The minimum atomic E-state index is -1.81. The fourth-order valence-electron chi connectivity index (χ4n) is 6.68. The highest BCUT2D eigenvalue weighted by Gasteiger charge is 2.56. The molecule has 2 saturated heterocycles. The third-order valence-corrected chi connectivity index (χ3v) is 9.29. The first-order valence-electron chi connectivity index (χ1n) is 15.3. The van der Waals surface area contributed by atoms with Crippen LogP contribution in [0.4, 0.5) is 4.39 Å². The van der Waals surface area contributed by atoms with Gasteiger partial charge in [0.1, 0.15) is 47.6 Å². The van der Waals surface area contributed by atoms with Crippen LogP contribution in [-0.4, -0.2) is 72.4 Å². The summed E-state index contributed by atoms with van der Waals surface area (Å²) in [6, 6.07) is 26.4. The predicted molar refractivity (Wildman–Crippen MR) is 167 cm³/mol. The molecule has 8 N–H and O–H groups in total. The summed E-state index contributed by atoms with van der Waals surface area (Å²) < 4.78 is 18.6. The van der Waals surface area contributed by atoms with Crippen molar-refractivity contribution < 1.29 is 49.7 Å². The highest BCUT2D eigenvalue weighted by molar-refractivity contribution is 5.91. The van der Waals surface area contributed by atoms with Gasteiger partial charge in [-0.3, -0.25) is 4.79 Å². The molecule has 6 rings (SSSR count). The van der Waals surface area contributed by atoms with E-state index in [4.69, 9.17) is 4.74 Å². The van der Waals surface area contributed by atoms with Gasteiger partial charge in [-0.15, -0.1) is 0 Å². The molecular formula is C36H36FNO9. The number of aromatic hydroxyl groups is 1. The summed E-state index contributed by atoms with van der Waals surface area (Å²) in [6.07, 6.45) is -10.3. The average molecular weight is 646 g/mol. The van der Waals surface area contributed by atoms with E-state index in [9.17, 15) is 44.9 Å². The minimum Gasteiger partial charge on any atom is -0.508 e. The highest BCUT2D eigenvalue weighted by Crippen LogP contribution is 2.49. The lowest BCUT2D eigenvalue weighted by Gasteiger charge is -2.50. The smallest absolute Gasteiger partial charge is 0.227 e. The summed E-state index contributed by atoms with van der Waals surface area (Å²) in [7, 11) is 0. The summed E-state index contributed by atoms with van der Waals surface area (Å²) >= 11 is 0. The summed E-state index contributed by atoms with van der Waals surface area (Å²) in [5.74, 6) is -1.39. The van der Waals surface area contributed by atoms with Crippen molar-refractivity contribution in [3.63, 3.8) is 0 Å². The quantitative estimate of drug-likeness (QED) is 0.127. The van der Waals surface area contributed by atoms with Gasteiger partial charge in [-0.25, -0.2) is 4.39 Å². The van der Waals surface area contributed by atoms with Crippen molar-refractivity contribution in [2.24, 2.45) is 5.92 Å². The monoisotopic (exact) mass is 645 g/mol. The molecule has 2 aliphatic rings. The number of carbonyl (C=O) groups is 1. The molecule has 0 radical (unpaired) electrons. The minimum absolute atomic E-state index is 0.104.